The summed E-state index contributed by atoms with van der Waals surface area (Å²) in [6, 6.07) is 10.9. The lowest BCUT2D eigenvalue weighted by Gasteiger charge is -2.18. The van der Waals surface area contributed by atoms with Crippen LogP contribution in [0.3, 0.4) is 0 Å². The van der Waals surface area contributed by atoms with Crippen molar-refractivity contribution in [2.24, 2.45) is 0 Å². The summed E-state index contributed by atoms with van der Waals surface area (Å²) >= 11 is 0. The van der Waals surface area contributed by atoms with Crippen molar-refractivity contribution in [3.05, 3.63) is 72.5 Å². The van der Waals surface area contributed by atoms with E-state index >= 15 is 4.39 Å². The number of halogens is 1. The van der Waals surface area contributed by atoms with Crippen molar-refractivity contribution in [2.75, 3.05) is 37.9 Å². The second-order valence-electron chi connectivity index (χ2n) is 8.05. The predicted molar refractivity (Wildman–Crippen MR) is 125 cm³/mol. The zero-order valence-corrected chi connectivity index (χ0v) is 18.6. The number of anilines is 3. The molecule has 0 saturated carbocycles. The maximum absolute atomic E-state index is 15.0. The molecule has 7 nitrogen and oxygen atoms in total. The number of nitrogens with one attached hydrogen (secondary N) is 2. The van der Waals surface area contributed by atoms with Gasteiger partial charge in [-0.1, -0.05) is 18.2 Å². The molecule has 0 fully saturated rings. The number of hydrogen-bond donors (Lipinski definition) is 2. The lowest BCUT2D eigenvalue weighted by atomic mass is 10.2. The van der Waals surface area contributed by atoms with Crippen molar-refractivity contribution in [3.8, 4) is 0 Å². The largest absolute Gasteiger partial charge is 0.338 e. The first-order chi connectivity index (χ1) is 15.3. The highest BCUT2D eigenvalue weighted by Gasteiger charge is 2.17. The van der Waals surface area contributed by atoms with Crippen molar-refractivity contribution >= 4 is 39.6 Å². The smallest absolute Gasteiger partial charge is 0.250 e. The van der Waals surface area contributed by atoms with Gasteiger partial charge in [0.1, 0.15) is 11.3 Å². The summed E-state index contributed by atoms with van der Waals surface area (Å²) in [6.45, 7) is 2.71. The van der Waals surface area contributed by atoms with E-state index in [4.69, 9.17) is 0 Å². The van der Waals surface area contributed by atoms with Crippen LogP contribution in [0.15, 0.2) is 61.1 Å². The van der Waals surface area contributed by atoms with Crippen LogP contribution in [0.1, 0.15) is 5.56 Å². The van der Waals surface area contributed by atoms with Gasteiger partial charge < -0.3 is 15.1 Å². The molecule has 0 atom stereocenters. The predicted octanol–water partition coefficient (Wildman–Crippen LogP) is 2.74. The molecule has 1 amide bonds. The molecular formula is C24H26FN6O+. The first-order valence-electron chi connectivity index (χ1n) is 10.4. The van der Waals surface area contributed by atoms with E-state index in [1.165, 1.54) is 21.9 Å². The maximum Gasteiger partial charge on any atom is 0.250 e. The Balaban J connectivity index is 1.76. The third kappa shape index (κ3) is 4.17. The molecular weight excluding hydrogens is 407 g/mol. The van der Waals surface area contributed by atoms with Crippen LogP contribution < -0.4 is 15.1 Å². The molecule has 0 saturated heterocycles. The highest BCUT2D eigenvalue weighted by molar-refractivity contribution is 6.02. The second-order valence-corrected chi connectivity index (χ2v) is 8.05. The number of carbonyl (C=O) groups excluding carboxylic acids is 1. The van der Waals surface area contributed by atoms with Gasteiger partial charge in [0.25, 0.3) is 5.91 Å². The van der Waals surface area contributed by atoms with Gasteiger partial charge >= 0.3 is 0 Å². The number of fused-ring (bicyclic) bond motifs is 3. The van der Waals surface area contributed by atoms with Gasteiger partial charge in [-0.2, -0.15) is 0 Å². The number of carbonyl (C=O) groups is 1. The van der Waals surface area contributed by atoms with E-state index in [1.807, 2.05) is 49.7 Å². The van der Waals surface area contributed by atoms with E-state index < -0.39 is 5.82 Å². The number of aryl methyl sites for hydroxylation is 1. The standard InChI is InChI=1S/C24H25FN6O/c1-16-8-5-6-9-18(16)27-24-22-14-26-15-31(22)21-13-20(17(25)12-19(21)28-24)30(4)23(32)10-7-11-29(2)3/h5-10,12-15H,11H2,1-4H3,(H,27,28)/p+1/b10-7-. The molecule has 0 aliphatic heterocycles. The Morgan fingerprint density at radius 2 is 2.03 bits per heavy atom. The minimum Gasteiger partial charge on any atom is -0.338 e. The van der Waals surface area contributed by atoms with Crippen LogP contribution in [0.4, 0.5) is 21.6 Å². The first-order valence-corrected chi connectivity index (χ1v) is 10.4. The number of amides is 1. The fourth-order valence-corrected chi connectivity index (χ4v) is 3.48. The van der Waals surface area contributed by atoms with E-state index in [1.54, 1.807) is 31.7 Å². The lowest BCUT2D eigenvalue weighted by Crippen LogP contribution is -3.05. The molecule has 0 spiro atoms. The number of likely N-dealkylation sites (N-methyl/N-ethyl adjacent to an activating group) is 2. The van der Waals surface area contributed by atoms with Gasteiger partial charge in [-0.15, -0.1) is 0 Å². The fourth-order valence-electron chi connectivity index (χ4n) is 3.48. The molecule has 2 N–H and O–H groups in total. The lowest BCUT2D eigenvalue weighted by molar-refractivity contribution is -0.851. The molecule has 2 aromatic carbocycles. The molecule has 32 heavy (non-hydrogen) atoms. The van der Waals surface area contributed by atoms with Gasteiger partial charge in [0.15, 0.2) is 5.82 Å². The Hall–Kier alpha value is -3.78. The van der Waals surface area contributed by atoms with Gasteiger partial charge in [-0.3, -0.25) is 9.20 Å². The van der Waals surface area contributed by atoms with E-state index in [-0.39, 0.29) is 11.6 Å². The monoisotopic (exact) mass is 433 g/mol. The van der Waals surface area contributed by atoms with Crippen molar-refractivity contribution in [3.63, 3.8) is 0 Å². The van der Waals surface area contributed by atoms with Gasteiger partial charge in [0.2, 0.25) is 0 Å². The zero-order valence-electron chi connectivity index (χ0n) is 18.6. The first kappa shape index (κ1) is 21.5. The number of nitrogens with zero attached hydrogens (tertiary/aromatic N) is 4. The van der Waals surface area contributed by atoms with E-state index in [0.717, 1.165) is 16.8 Å². The van der Waals surface area contributed by atoms with Crippen LogP contribution in [-0.4, -0.2) is 48.0 Å². The molecule has 0 unspecified atom stereocenters. The van der Waals surface area contributed by atoms with Crippen molar-refractivity contribution in [1.29, 1.82) is 0 Å². The van der Waals surface area contributed by atoms with Crippen LogP contribution in [0, 0.1) is 12.7 Å². The summed E-state index contributed by atoms with van der Waals surface area (Å²) in [5, 5.41) is 3.33. The summed E-state index contributed by atoms with van der Waals surface area (Å²) in [4.78, 5) is 23.9. The quantitative estimate of drug-likeness (QED) is 0.459. The summed E-state index contributed by atoms with van der Waals surface area (Å²) in [5.41, 5.74) is 4.03. The molecule has 4 aromatic rings. The molecule has 2 aromatic heterocycles. The summed E-state index contributed by atoms with van der Waals surface area (Å²) in [5.74, 6) is -0.235. The molecule has 2 heterocycles. The molecule has 4 rings (SSSR count). The summed E-state index contributed by atoms with van der Waals surface area (Å²) in [7, 11) is 5.55. The SMILES string of the molecule is Cc1ccccc1Nc1nc2cc(F)c(N(C)C(=O)/C=C\C[NH+](C)C)cc2n2cncc12. The minimum absolute atomic E-state index is 0.181. The van der Waals surface area contributed by atoms with Crippen molar-refractivity contribution in [2.45, 2.75) is 6.92 Å². The Labute approximate surface area is 185 Å². The Bertz CT molecular complexity index is 1330. The topological polar surface area (TPSA) is 67.0 Å². The average Bonchev–Trinajstić information content (AvgIpc) is 3.24. The molecule has 0 bridgehead atoms. The van der Waals surface area contributed by atoms with Gasteiger partial charge in [0, 0.05) is 24.9 Å². The van der Waals surface area contributed by atoms with Crippen LogP contribution in [0.25, 0.3) is 16.6 Å². The minimum atomic E-state index is -0.520. The third-order valence-electron chi connectivity index (χ3n) is 5.29. The summed E-state index contributed by atoms with van der Waals surface area (Å²) < 4.78 is 16.9. The zero-order chi connectivity index (χ0) is 22.8. The van der Waals surface area contributed by atoms with Crippen molar-refractivity contribution in [1.82, 2.24) is 14.4 Å². The third-order valence-corrected chi connectivity index (χ3v) is 5.29. The summed E-state index contributed by atoms with van der Waals surface area (Å²) in [6.07, 6.45) is 6.62. The van der Waals surface area contributed by atoms with Gasteiger partial charge in [-0.25, -0.2) is 14.4 Å². The van der Waals surface area contributed by atoms with Crippen LogP contribution in [0.5, 0.6) is 0 Å². The highest BCUT2D eigenvalue weighted by Crippen LogP contribution is 2.30. The molecule has 0 aliphatic carbocycles. The van der Waals surface area contributed by atoms with Crippen LogP contribution in [0.2, 0.25) is 0 Å². The van der Waals surface area contributed by atoms with E-state index in [9.17, 15) is 4.79 Å². The average molecular weight is 434 g/mol. The highest BCUT2D eigenvalue weighted by atomic mass is 19.1. The normalized spacial score (nSPS) is 11.7. The van der Waals surface area contributed by atoms with Crippen LogP contribution >= 0.6 is 0 Å². The fraction of sp³-hybridized carbons (Fsp3) is 0.208. The Morgan fingerprint density at radius 1 is 1.25 bits per heavy atom. The number of quaternary nitrogens is 1. The number of para-hydroxylation sites is 1. The maximum atomic E-state index is 15.0. The molecule has 8 heteroatoms. The number of hydrogen-bond acceptors (Lipinski definition) is 4. The molecule has 0 aliphatic rings. The molecule has 0 radical (unpaired) electrons. The van der Waals surface area contributed by atoms with Gasteiger partial charge in [-0.05, 0) is 30.7 Å². The van der Waals surface area contributed by atoms with Crippen molar-refractivity contribution < 1.29 is 14.1 Å². The Morgan fingerprint density at radius 3 is 2.78 bits per heavy atom. The van der Waals surface area contributed by atoms with Crippen LogP contribution in [-0.2, 0) is 4.79 Å². The van der Waals surface area contributed by atoms with Gasteiger partial charge in [0.05, 0.1) is 49.9 Å². The number of rotatable bonds is 6. The number of aromatic nitrogens is 3. The van der Waals surface area contributed by atoms with E-state index in [2.05, 4.69) is 15.3 Å². The number of imidazole rings is 1. The Kier molecular flexibility index (Phi) is 5.87. The molecule has 164 valence electrons. The second kappa shape index (κ2) is 8.76. The number of benzene rings is 2. The van der Waals surface area contributed by atoms with E-state index in [0.29, 0.717) is 23.4 Å².